The molecule has 0 unspecified atom stereocenters. The second kappa shape index (κ2) is 9.07. The van der Waals surface area contributed by atoms with Gasteiger partial charge in [-0.15, -0.1) is 11.8 Å². The zero-order chi connectivity index (χ0) is 24.9. The van der Waals surface area contributed by atoms with Gasteiger partial charge in [-0.05, 0) is 18.2 Å². The minimum atomic E-state index is -4.85. The molecule has 6 nitrogen and oxygen atoms in total. The topological polar surface area (TPSA) is 59.4 Å². The average molecular weight is 513 g/mol. The van der Waals surface area contributed by atoms with E-state index in [9.17, 15) is 26.7 Å². The van der Waals surface area contributed by atoms with Gasteiger partial charge in [-0.2, -0.15) is 18.2 Å². The first kappa shape index (κ1) is 24.0. The van der Waals surface area contributed by atoms with Crippen LogP contribution >= 0.6 is 11.8 Å². The van der Waals surface area contributed by atoms with E-state index in [1.807, 2.05) is 0 Å². The molecule has 5 rings (SSSR count). The van der Waals surface area contributed by atoms with Gasteiger partial charge in [-0.1, -0.05) is 0 Å². The molecule has 0 aliphatic carbocycles. The van der Waals surface area contributed by atoms with Crippen LogP contribution in [0, 0.1) is 11.6 Å². The van der Waals surface area contributed by atoms with Gasteiger partial charge in [0.25, 0.3) is 0 Å². The van der Waals surface area contributed by atoms with E-state index in [-0.39, 0.29) is 33.9 Å². The normalized spacial score (nSPS) is 18.7. The van der Waals surface area contributed by atoms with Gasteiger partial charge in [0.15, 0.2) is 0 Å². The molecular weight excluding hydrogens is 491 g/mol. The summed E-state index contributed by atoms with van der Waals surface area (Å²) in [4.78, 5) is 19.2. The summed E-state index contributed by atoms with van der Waals surface area (Å²) >= 11 is 1.06. The summed E-state index contributed by atoms with van der Waals surface area (Å²) in [7, 11) is 1.45. The van der Waals surface area contributed by atoms with Crippen molar-refractivity contribution in [3.05, 3.63) is 51.9 Å². The predicted octanol–water partition coefficient (Wildman–Crippen LogP) is 3.89. The number of nitrogens with one attached hydrogen (secondary N) is 1. The molecular formula is C23H21F5N4O2S. The van der Waals surface area contributed by atoms with E-state index in [0.29, 0.717) is 32.2 Å². The third-order valence-electron chi connectivity index (χ3n) is 6.25. The molecule has 1 atom stereocenters. The molecule has 0 radical (unpaired) electrons. The number of hydrogen-bond acceptors (Lipinski definition) is 6. The van der Waals surface area contributed by atoms with Crippen molar-refractivity contribution in [1.29, 1.82) is 0 Å². The van der Waals surface area contributed by atoms with Gasteiger partial charge < -0.3 is 15.0 Å². The van der Waals surface area contributed by atoms with Gasteiger partial charge >= 0.3 is 11.9 Å². The molecule has 0 spiro atoms. The third kappa shape index (κ3) is 4.27. The molecule has 2 aromatic carbocycles. The lowest BCUT2D eigenvalue weighted by Crippen LogP contribution is -2.45. The van der Waals surface area contributed by atoms with Crippen LogP contribution in [-0.2, 0) is 17.5 Å². The van der Waals surface area contributed by atoms with Crippen LogP contribution in [0.15, 0.2) is 34.0 Å². The summed E-state index contributed by atoms with van der Waals surface area (Å²) in [6, 6.07) is 3.40. The minimum absolute atomic E-state index is 0.0807. The molecule has 1 fully saturated rings. The van der Waals surface area contributed by atoms with Crippen LogP contribution in [0.3, 0.4) is 0 Å². The number of alkyl halides is 3. The molecule has 0 amide bonds. The van der Waals surface area contributed by atoms with Crippen molar-refractivity contribution in [2.75, 3.05) is 43.9 Å². The summed E-state index contributed by atoms with van der Waals surface area (Å²) in [5.41, 5.74) is -2.26. The number of nitrogens with zero attached hydrogens (tertiary/aromatic N) is 3. The van der Waals surface area contributed by atoms with Gasteiger partial charge in [0.2, 0.25) is 0 Å². The summed E-state index contributed by atoms with van der Waals surface area (Å²) in [6.07, 6.45) is -5.34. The van der Waals surface area contributed by atoms with Crippen LogP contribution in [0.25, 0.3) is 22.0 Å². The number of piperazine rings is 1. The van der Waals surface area contributed by atoms with E-state index < -0.39 is 46.3 Å². The van der Waals surface area contributed by atoms with Crippen molar-refractivity contribution in [1.82, 2.24) is 14.9 Å². The van der Waals surface area contributed by atoms with Gasteiger partial charge in [0.1, 0.15) is 17.5 Å². The molecule has 1 N–H and O–H groups in total. The monoisotopic (exact) mass is 512 g/mol. The van der Waals surface area contributed by atoms with Crippen LogP contribution < -0.4 is 15.9 Å². The highest BCUT2D eigenvalue weighted by molar-refractivity contribution is 7.99. The fourth-order valence-corrected chi connectivity index (χ4v) is 5.89. The smallest absolute Gasteiger partial charge is 0.379 e. The van der Waals surface area contributed by atoms with Gasteiger partial charge in [-0.3, -0.25) is 4.57 Å². The first-order valence-electron chi connectivity index (χ1n) is 10.9. The largest absolute Gasteiger partial charge is 0.417 e. The fourth-order valence-electron chi connectivity index (χ4n) is 4.58. The molecule has 186 valence electrons. The molecule has 3 aromatic rings. The lowest BCUT2D eigenvalue weighted by atomic mass is 9.95. The van der Waals surface area contributed by atoms with Crippen molar-refractivity contribution >= 4 is 28.5 Å². The SMILES string of the molecule is CO[C@@H]1CSc2c(-c3ccc(F)cc3F)c(C(F)(F)F)cc3c(N4CCNCC4)nc(=O)n(c23)C1. The lowest BCUT2D eigenvalue weighted by Gasteiger charge is -2.30. The van der Waals surface area contributed by atoms with E-state index in [4.69, 9.17) is 4.74 Å². The van der Waals surface area contributed by atoms with Crippen molar-refractivity contribution in [2.24, 2.45) is 0 Å². The van der Waals surface area contributed by atoms with Crippen molar-refractivity contribution < 1.29 is 26.7 Å². The Labute approximate surface area is 201 Å². The zero-order valence-electron chi connectivity index (χ0n) is 18.6. The van der Waals surface area contributed by atoms with Crippen LogP contribution in [-0.4, -0.2) is 54.7 Å². The van der Waals surface area contributed by atoms with E-state index in [1.165, 1.54) is 11.7 Å². The highest BCUT2D eigenvalue weighted by Gasteiger charge is 2.39. The van der Waals surface area contributed by atoms with Crippen LogP contribution in [0.1, 0.15) is 5.56 Å². The lowest BCUT2D eigenvalue weighted by molar-refractivity contribution is -0.137. The number of hydrogen-bond donors (Lipinski definition) is 1. The Morgan fingerprint density at radius 1 is 1.17 bits per heavy atom. The second-order valence-corrected chi connectivity index (χ2v) is 9.41. The molecule has 0 saturated carbocycles. The second-order valence-electron chi connectivity index (χ2n) is 8.38. The average Bonchev–Trinajstić information content (AvgIpc) is 3.02. The first-order chi connectivity index (χ1) is 16.7. The van der Waals surface area contributed by atoms with Crippen LogP contribution in [0.2, 0.25) is 0 Å². The van der Waals surface area contributed by atoms with E-state index >= 15 is 0 Å². The van der Waals surface area contributed by atoms with Crippen molar-refractivity contribution in [2.45, 2.75) is 23.7 Å². The number of aromatic nitrogens is 2. The molecule has 35 heavy (non-hydrogen) atoms. The first-order valence-corrected chi connectivity index (χ1v) is 11.9. The maximum absolute atomic E-state index is 14.9. The number of ether oxygens (including phenoxy) is 1. The van der Waals surface area contributed by atoms with E-state index in [2.05, 4.69) is 10.3 Å². The van der Waals surface area contributed by atoms with Gasteiger partial charge in [0.05, 0.1) is 23.7 Å². The van der Waals surface area contributed by atoms with E-state index in [0.717, 1.165) is 30.0 Å². The summed E-state index contributed by atoms with van der Waals surface area (Å²) in [5, 5.41) is 3.32. The molecule has 3 heterocycles. The Morgan fingerprint density at radius 3 is 2.57 bits per heavy atom. The highest BCUT2D eigenvalue weighted by Crippen LogP contribution is 2.48. The number of halogens is 5. The zero-order valence-corrected chi connectivity index (χ0v) is 19.4. The summed E-state index contributed by atoms with van der Waals surface area (Å²) < 4.78 is 78.7. The Morgan fingerprint density at radius 2 is 1.91 bits per heavy atom. The molecule has 0 bridgehead atoms. The number of methoxy groups -OCH3 is 1. The Kier molecular flexibility index (Phi) is 6.22. The Hall–Kier alpha value is -2.70. The standard InChI is InChI=1S/C23H21F5N4O2S/c1-34-13-10-32-19-15(21(30-22(32)33)31-6-4-29-5-7-31)9-16(23(26,27)28)18(20(19)35-11-13)14-3-2-12(24)8-17(14)25/h2-3,8-9,13,29H,4-7,10-11H2,1H3/t13-/m0/s1. The fraction of sp³-hybridized carbons (Fsp3) is 0.391. The van der Waals surface area contributed by atoms with Crippen LogP contribution in [0.4, 0.5) is 27.8 Å². The summed E-state index contributed by atoms with van der Waals surface area (Å²) in [6.45, 7) is 2.18. The number of rotatable bonds is 3. The molecule has 1 aromatic heterocycles. The van der Waals surface area contributed by atoms with Crippen LogP contribution in [0.5, 0.6) is 0 Å². The third-order valence-corrected chi connectivity index (χ3v) is 7.48. The molecule has 12 heteroatoms. The molecule has 2 aliphatic heterocycles. The number of thioether (sulfide) groups is 1. The maximum atomic E-state index is 14.9. The Balaban J connectivity index is 1.92. The van der Waals surface area contributed by atoms with Crippen molar-refractivity contribution in [3.8, 4) is 11.1 Å². The summed E-state index contributed by atoms with van der Waals surface area (Å²) in [5.74, 6) is -1.63. The van der Waals surface area contributed by atoms with Crippen molar-refractivity contribution in [3.63, 3.8) is 0 Å². The maximum Gasteiger partial charge on any atom is 0.417 e. The number of benzene rings is 2. The number of anilines is 1. The highest BCUT2D eigenvalue weighted by atomic mass is 32.2. The van der Waals surface area contributed by atoms with Gasteiger partial charge in [0, 0.05) is 66.5 Å². The predicted molar refractivity (Wildman–Crippen MR) is 123 cm³/mol. The quantitative estimate of drug-likeness (QED) is 0.538. The molecule has 1 saturated heterocycles. The minimum Gasteiger partial charge on any atom is -0.379 e. The molecule has 2 aliphatic rings. The van der Waals surface area contributed by atoms with E-state index in [1.54, 1.807) is 4.90 Å². The Bertz CT molecular complexity index is 1350. The van der Waals surface area contributed by atoms with Gasteiger partial charge in [-0.25, -0.2) is 13.6 Å².